The normalized spacial score (nSPS) is 18.8. The van der Waals surface area contributed by atoms with Gasteiger partial charge in [0, 0.05) is 12.0 Å². The Hall–Kier alpha value is -2.75. The molecular formula is C19H19F4N3O3. The van der Waals surface area contributed by atoms with Crippen molar-refractivity contribution >= 4 is 11.9 Å². The van der Waals surface area contributed by atoms with E-state index >= 15 is 0 Å². The summed E-state index contributed by atoms with van der Waals surface area (Å²) in [7, 11) is 0. The van der Waals surface area contributed by atoms with Crippen LogP contribution in [0, 0.1) is 11.6 Å². The minimum Gasteiger partial charge on any atom is -0.447 e. The zero-order valence-electron chi connectivity index (χ0n) is 15.7. The molecule has 0 bridgehead atoms. The van der Waals surface area contributed by atoms with Crippen LogP contribution in [-0.4, -0.2) is 39.9 Å². The van der Waals surface area contributed by atoms with Crippen molar-refractivity contribution in [2.75, 3.05) is 11.5 Å². The summed E-state index contributed by atoms with van der Waals surface area (Å²) in [5.41, 5.74) is -0.234. The predicted octanol–water partition coefficient (Wildman–Crippen LogP) is 3.74. The van der Waals surface area contributed by atoms with E-state index in [1.165, 1.54) is 13.0 Å². The maximum Gasteiger partial charge on any atom is 0.416 e. The molecule has 6 nitrogen and oxygen atoms in total. The van der Waals surface area contributed by atoms with E-state index in [1.807, 2.05) is 0 Å². The van der Waals surface area contributed by atoms with E-state index in [0.717, 1.165) is 23.2 Å². The van der Waals surface area contributed by atoms with Crippen molar-refractivity contribution in [2.45, 2.75) is 44.8 Å². The highest BCUT2D eigenvalue weighted by Crippen LogP contribution is 2.29. The molecule has 29 heavy (non-hydrogen) atoms. The molecule has 1 N–H and O–H groups in total. The fraction of sp³-hybridized carbons (Fsp3) is 0.421. The first kappa shape index (κ1) is 21.0. The van der Waals surface area contributed by atoms with Gasteiger partial charge in [-0.1, -0.05) is 19.1 Å². The van der Waals surface area contributed by atoms with Gasteiger partial charge < -0.3 is 9.84 Å². The van der Waals surface area contributed by atoms with E-state index in [0.29, 0.717) is 0 Å². The van der Waals surface area contributed by atoms with Gasteiger partial charge in [-0.2, -0.15) is 0 Å². The third kappa shape index (κ3) is 4.31. The van der Waals surface area contributed by atoms with Crippen LogP contribution in [0.4, 0.5) is 28.2 Å². The molecule has 1 saturated heterocycles. The molecule has 10 heteroatoms. The van der Waals surface area contributed by atoms with Crippen LogP contribution in [0.25, 0.3) is 0 Å². The molecule has 0 unspecified atom stereocenters. The Morgan fingerprint density at radius 3 is 2.62 bits per heavy atom. The van der Waals surface area contributed by atoms with Gasteiger partial charge in [0.05, 0.1) is 12.3 Å². The molecule has 2 aromatic rings. The Labute approximate surface area is 164 Å². The van der Waals surface area contributed by atoms with Crippen molar-refractivity contribution < 1.29 is 32.2 Å². The highest BCUT2D eigenvalue weighted by atomic mass is 19.3. The Kier molecular flexibility index (Phi) is 6.02. The summed E-state index contributed by atoms with van der Waals surface area (Å²) >= 11 is 0. The number of cyclic esters (lactones) is 1. The van der Waals surface area contributed by atoms with E-state index in [9.17, 15) is 27.5 Å². The number of hydrogen-bond donors (Lipinski definition) is 1. The molecule has 1 fully saturated rings. The fourth-order valence-electron chi connectivity index (χ4n) is 3.16. The number of nitrogens with zero attached hydrogens (tertiary/aromatic N) is 3. The number of halogens is 4. The number of carbonyl (C=O) groups excluding carboxylic acids is 1. The molecule has 3 rings (SSSR count). The summed E-state index contributed by atoms with van der Waals surface area (Å²) < 4.78 is 58.8. The number of ether oxygens (including phenoxy) is 1. The highest BCUT2D eigenvalue weighted by molar-refractivity contribution is 5.89. The van der Waals surface area contributed by atoms with E-state index in [2.05, 4.69) is 9.97 Å². The summed E-state index contributed by atoms with van der Waals surface area (Å²) in [6.45, 7) is 2.97. The summed E-state index contributed by atoms with van der Waals surface area (Å²) in [6, 6.07) is 2.38. The minimum absolute atomic E-state index is 0.0699. The number of amides is 1. The van der Waals surface area contributed by atoms with Crippen LogP contribution in [0.15, 0.2) is 24.4 Å². The van der Waals surface area contributed by atoms with Gasteiger partial charge in [0.1, 0.15) is 24.3 Å². The number of aliphatic hydroxyl groups excluding tert-OH is 1. The molecule has 0 radical (unpaired) electrons. The van der Waals surface area contributed by atoms with Crippen molar-refractivity contribution in [3.63, 3.8) is 0 Å². The fourth-order valence-corrected chi connectivity index (χ4v) is 3.16. The standard InChI is InChI=1S/C19H19F4N3O3/c1-9(12-4-3-11(17(22)23)6-13(12)20)5-16-24-7-14(21)18(25-16)26-15(10(2)27)8-29-19(26)28/h3-4,6-7,9-10,15,17,27H,5,8H2,1-2H3/t9-,10-,15-/m1/s1. The first-order valence-electron chi connectivity index (χ1n) is 8.92. The lowest BCUT2D eigenvalue weighted by atomic mass is 9.95. The predicted molar refractivity (Wildman–Crippen MR) is 94.8 cm³/mol. The Balaban J connectivity index is 1.86. The van der Waals surface area contributed by atoms with Crippen LogP contribution in [-0.2, 0) is 11.2 Å². The summed E-state index contributed by atoms with van der Waals surface area (Å²) in [4.78, 5) is 20.8. The van der Waals surface area contributed by atoms with Gasteiger partial charge >= 0.3 is 6.09 Å². The molecule has 2 heterocycles. The molecule has 0 saturated carbocycles. The van der Waals surface area contributed by atoms with E-state index in [1.54, 1.807) is 6.92 Å². The first-order chi connectivity index (χ1) is 13.7. The minimum atomic E-state index is -2.78. The monoisotopic (exact) mass is 413 g/mol. The Bertz CT molecular complexity index is 910. The molecule has 0 spiro atoms. The largest absolute Gasteiger partial charge is 0.447 e. The first-order valence-corrected chi connectivity index (χ1v) is 8.92. The topological polar surface area (TPSA) is 75.6 Å². The van der Waals surface area contributed by atoms with Crippen LogP contribution in [0.2, 0.25) is 0 Å². The summed E-state index contributed by atoms with van der Waals surface area (Å²) in [5.74, 6) is -2.38. The number of carbonyl (C=O) groups is 1. The highest BCUT2D eigenvalue weighted by Gasteiger charge is 2.39. The van der Waals surface area contributed by atoms with E-state index in [4.69, 9.17) is 4.74 Å². The quantitative estimate of drug-likeness (QED) is 0.731. The number of aromatic nitrogens is 2. The SMILES string of the molecule is C[C@H](Cc1ncc(F)c(N2C(=O)OC[C@@H]2[C@@H](C)O)n1)c1ccc(C(F)F)cc1F. The lowest BCUT2D eigenvalue weighted by Gasteiger charge is -2.23. The Morgan fingerprint density at radius 1 is 1.28 bits per heavy atom. The lowest BCUT2D eigenvalue weighted by Crippen LogP contribution is -2.42. The molecule has 1 amide bonds. The number of hydrogen-bond acceptors (Lipinski definition) is 5. The molecule has 3 atom stereocenters. The van der Waals surface area contributed by atoms with Gasteiger partial charge in [0.2, 0.25) is 0 Å². The number of alkyl halides is 2. The average Bonchev–Trinajstić information content (AvgIpc) is 3.04. The molecule has 0 aliphatic carbocycles. The maximum absolute atomic E-state index is 14.3. The number of anilines is 1. The number of benzene rings is 1. The van der Waals surface area contributed by atoms with Crippen molar-refractivity contribution in [3.05, 3.63) is 53.0 Å². The Morgan fingerprint density at radius 2 is 2.00 bits per heavy atom. The lowest BCUT2D eigenvalue weighted by molar-refractivity contribution is 0.142. The number of aliphatic hydroxyl groups is 1. The van der Waals surface area contributed by atoms with E-state index < -0.39 is 47.8 Å². The van der Waals surface area contributed by atoms with Crippen molar-refractivity contribution in [1.29, 1.82) is 0 Å². The molecule has 1 aromatic carbocycles. The van der Waals surface area contributed by atoms with Gasteiger partial charge in [-0.3, -0.25) is 0 Å². The average molecular weight is 413 g/mol. The van der Waals surface area contributed by atoms with Gasteiger partial charge in [-0.05, 0) is 24.5 Å². The summed E-state index contributed by atoms with van der Waals surface area (Å²) in [6.07, 6.45) is -3.66. The van der Waals surface area contributed by atoms with Crippen molar-refractivity contribution in [3.8, 4) is 0 Å². The van der Waals surface area contributed by atoms with E-state index in [-0.39, 0.29) is 30.2 Å². The zero-order valence-corrected chi connectivity index (χ0v) is 15.7. The van der Waals surface area contributed by atoms with Gasteiger partial charge in [-0.25, -0.2) is 37.2 Å². The molecule has 1 aliphatic rings. The second kappa shape index (κ2) is 8.32. The molecule has 1 aromatic heterocycles. The maximum atomic E-state index is 14.3. The van der Waals surface area contributed by atoms with Crippen LogP contribution < -0.4 is 4.90 Å². The zero-order chi connectivity index (χ0) is 21.3. The third-order valence-electron chi connectivity index (χ3n) is 4.76. The molecule has 156 valence electrons. The second-order valence-corrected chi connectivity index (χ2v) is 6.90. The van der Waals surface area contributed by atoms with Gasteiger partial charge in [0.15, 0.2) is 11.6 Å². The molecule has 1 aliphatic heterocycles. The second-order valence-electron chi connectivity index (χ2n) is 6.90. The van der Waals surface area contributed by atoms with Crippen LogP contribution in [0.5, 0.6) is 0 Å². The summed E-state index contributed by atoms with van der Waals surface area (Å²) in [5, 5.41) is 9.81. The third-order valence-corrected chi connectivity index (χ3v) is 4.76. The molecular weight excluding hydrogens is 394 g/mol. The smallest absolute Gasteiger partial charge is 0.416 e. The van der Waals surface area contributed by atoms with Crippen LogP contribution in [0.1, 0.15) is 43.1 Å². The van der Waals surface area contributed by atoms with Gasteiger partial charge in [-0.15, -0.1) is 0 Å². The van der Waals surface area contributed by atoms with Crippen molar-refractivity contribution in [1.82, 2.24) is 9.97 Å². The van der Waals surface area contributed by atoms with Crippen molar-refractivity contribution in [2.24, 2.45) is 0 Å². The van der Waals surface area contributed by atoms with Gasteiger partial charge in [0.25, 0.3) is 6.43 Å². The van der Waals surface area contributed by atoms with Crippen LogP contribution in [0.3, 0.4) is 0 Å². The van der Waals surface area contributed by atoms with Crippen LogP contribution >= 0.6 is 0 Å². The number of rotatable bonds is 6.